The van der Waals surface area contributed by atoms with Crippen LogP contribution >= 0.6 is 0 Å². The van der Waals surface area contributed by atoms with Gasteiger partial charge in [-0.1, -0.05) is 0 Å². The van der Waals surface area contributed by atoms with E-state index in [0.29, 0.717) is 25.5 Å². The highest BCUT2D eigenvalue weighted by Gasteiger charge is 2.11. The van der Waals surface area contributed by atoms with Gasteiger partial charge in [-0.15, -0.1) is 10.2 Å². The number of hydrogen-bond acceptors (Lipinski definition) is 6. The van der Waals surface area contributed by atoms with Crippen LogP contribution in [0.4, 0.5) is 5.82 Å². The van der Waals surface area contributed by atoms with Gasteiger partial charge < -0.3 is 14.7 Å². The van der Waals surface area contributed by atoms with E-state index in [1.54, 1.807) is 19.1 Å². The monoisotopic (exact) mass is 239 g/mol. The highest BCUT2D eigenvalue weighted by atomic mass is 16.5. The number of aromatic nitrogens is 2. The third-order valence-corrected chi connectivity index (χ3v) is 2.21. The van der Waals surface area contributed by atoms with E-state index in [4.69, 9.17) is 9.84 Å². The molecular weight excluding hydrogens is 222 g/mol. The third kappa shape index (κ3) is 3.67. The molecule has 0 spiro atoms. The first kappa shape index (κ1) is 13.4. The van der Waals surface area contributed by atoms with E-state index in [-0.39, 0.29) is 12.3 Å². The lowest BCUT2D eigenvalue weighted by Crippen LogP contribution is -2.27. The van der Waals surface area contributed by atoms with Gasteiger partial charge >= 0.3 is 5.97 Å². The minimum absolute atomic E-state index is 0.0507. The molecule has 0 saturated heterocycles. The average Bonchev–Trinajstić information content (AvgIpc) is 2.36. The van der Waals surface area contributed by atoms with Gasteiger partial charge in [0.1, 0.15) is 0 Å². The van der Waals surface area contributed by atoms with Gasteiger partial charge in [0.15, 0.2) is 11.5 Å². The average molecular weight is 239 g/mol. The molecule has 0 aromatic carbocycles. The summed E-state index contributed by atoms with van der Waals surface area (Å²) < 4.78 is 4.81. The summed E-state index contributed by atoms with van der Waals surface area (Å²) in [5.41, 5.74) is 0.190. The number of hydrogen-bond donors (Lipinski definition) is 1. The summed E-state index contributed by atoms with van der Waals surface area (Å²) in [6.45, 7) is 5.26. The maximum Gasteiger partial charge on any atom is 0.358 e. The van der Waals surface area contributed by atoms with Crippen LogP contribution in [0.2, 0.25) is 0 Å². The molecule has 0 aliphatic rings. The number of rotatable bonds is 6. The van der Waals surface area contributed by atoms with Crippen LogP contribution in [0.25, 0.3) is 0 Å². The number of anilines is 1. The van der Waals surface area contributed by atoms with Crippen LogP contribution in [-0.4, -0.2) is 47.6 Å². The molecule has 0 saturated carbocycles. The molecular formula is C11H17N3O3. The number of likely N-dealkylation sites (N-methyl/N-ethyl adjacent to an activating group) is 1. The fourth-order valence-corrected chi connectivity index (χ4v) is 1.36. The second-order valence-electron chi connectivity index (χ2n) is 3.30. The summed E-state index contributed by atoms with van der Waals surface area (Å²) in [7, 11) is 0. The van der Waals surface area contributed by atoms with E-state index in [0.717, 1.165) is 0 Å². The van der Waals surface area contributed by atoms with Crippen molar-refractivity contribution < 1.29 is 14.6 Å². The Morgan fingerprint density at radius 2 is 2.18 bits per heavy atom. The zero-order valence-corrected chi connectivity index (χ0v) is 10.1. The van der Waals surface area contributed by atoms with E-state index in [1.807, 2.05) is 11.8 Å². The van der Waals surface area contributed by atoms with Crippen LogP contribution in [0, 0.1) is 0 Å². The maximum absolute atomic E-state index is 11.3. The van der Waals surface area contributed by atoms with Crippen LogP contribution in [-0.2, 0) is 4.74 Å². The molecule has 0 bridgehead atoms. The first-order chi connectivity index (χ1) is 8.22. The lowest BCUT2D eigenvalue weighted by Gasteiger charge is -2.19. The Kier molecular flexibility index (Phi) is 5.35. The zero-order chi connectivity index (χ0) is 12.7. The lowest BCUT2D eigenvalue weighted by molar-refractivity contribution is 0.0518. The summed E-state index contributed by atoms with van der Waals surface area (Å²) in [6, 6.07) is 3.26. The van der Waals surface area contributed by atoms with Crippen molar-refractivity contribution in [2.75, 3.05) is 31.2 Å². The topological polar surface area (TPSA) is 75.5 Å². The van der Waals surface area contributed by atoms with Crippen LogP contribution < -0.4 is 4.90 Å². The number of carbonyl (C=O) groups is 1. The summed E-state index contributed by atoms with van der Waals surface area (Å²) >= 11 is 0. The Bertz CT molecular complexity index is 353. The molecule has 0 fully saturated rings. The van der Waals surface area contributed by atoms with Gasteiger partial charge in [0.2, 0.25) is 0 Å². The van der Waals surface area contributed by atoms with Crippen molar-refractivity contribution in [3.05, 3.63) is 17.8 Å². The Labute approximate surface area is 100 Å². The minimum atomic E-state index is -0.475. The van der Waals surface area contributed by atoms with Gasteiger partial charge in [0, 0.05) is 13.1 Å². The molecule has 0 amide bonds. The van der Waals surface area contributed by atoms with Gasteiger partial charge in [-0.25, -0.2) is 4.79 Å². The minimum Gasteiger partial charge on any atom is -0.461 e. The van der Waals surface area contributed by atoms with Gasteiger partial charge in [0.05, 0.1) is 13.2 Å². The lowest BCUT2D eigenvalue weighted by atomic mass is 10.3. The molecule has 0 aliphatic carbocycles. The van der Waals surface area contributed by atoms with Gasteiger partial charge in [0.25, 0.3) is 0 Å². The fraction of sp³-hybridized carbons (Fsp3) is 0.545. The Morgan fingerprint density at radius 1 is 1.41 bits per heavy atom. The van der Waals surface area contributed by atoms with E-state index >= 15 is 0 Å². The molecule has 17 heavy (non-hydrogen) atoms. The fourth-order valence-electron chi connectivity index (χ4n) is 1.36. The number of aliphatic hydroxyl groups excluding tert-OH is 1. The smallest absolute Gasteiger partial charge is 0.358 e. The molecule has 1 aromatic heterocycles. The number of ether oxygens (including phenoxy) is 1. The number of esters is 1. The van der Waals surface area contributed by atoms with Crippen molar-refractivity contribution in [1.29, 1.82) is 0 Å². The molecule has 1 rings (SSSR count). The van der Waals surface area contributed by atoms with Crippen LogP contribution in [0.5, 0.6) is 0 Å². The van der Waals surface area contributed by atoms with Crippen molar-refractivity contribution in [1.82, 2.24) is 10.2 Å². The maximum atomic E-state index is 11.3. The molecule has 0 aliphatic heterocycles. The zero-order valence-electron chi connectivity index (χ0n) is 10.1. The largest absolute Gasteiger partial charge is 0.461 e. The van der Waals surface area contributed by atoms with E-state index < -0.39 is 5.97 Å². The SMILES string of the molecule is CCOC(=O)c1ccc(N(CC)CCO)nn1. The first-order valence-corrected chi connectivity index (χ1v) is 5.59. The molecule has 0 atom stereocenters. The molecule has 1 N–H and O–H groups in total. The molecule has 6 nitrogen and oxygen atoms in total. The Balaban J connectivity index is 2.76. The standard InChI is InChI=1S/C11H17N3O3/c1-3-14(7-8-15)10-6-5-9(12-13-10)11(16)17-4-2/h5-6,15H,3-4,7-8H2,1-2H3. The van der Waals surface area contributed by atoms with Gasteiger partial charge in [-0.2, -0.15) is 0 Å². The van der Waals surface area contributed by atoms with Crippen LogP contribution in [0.3, 0.4) is 0 Å². The molecule has 1 aromatic rings. The first-order valence-electron chi connectivity index (χ1n) is 5.59. The summed E-state index contributed by atoms with van der Waals surface area (Å²) in [4.78, 5) is 13.2. The predicted molar refractivity (Wildman–Crippen MR) is 63.0 cm³/mol. The van der Waals surface area contributed by atoms with Crippen LogP contribution in [0.1, 0.15) is 24.3 Å². The Morgan fingerprint density at radius 3 is 2.65 bits per heavy atom. The predicted octanol–water partition coefficient (Wildman–Crippen LogP) is 0.472. The normalized spacial score (nSPS) is 10.1. The molecule has 94 valence electrons. The summed E-state index contributed by atoms with van der Waals surface area (Å²) in [6.07, 6.45) is 0. The third-order valence-electron chi connectivity index (χ3n) is 2.21. The second kappa shape index (κ2) is 6.80. The van der Waals surface area contributed by atoms with Crippen molar-refractivity contribution in [3.8, 4) is 0 Å². The molecule has 1 heterocycles. The summed E-state index contributed by atoms with van der Waals surface area (Å²) in [5.74, 6) is 0.159. The summed E-state index contributed by atoms with van der Waals surface area (Å²) in [5, 5.41) is 16.6. The molecule has 0 unspecified atom stereocenters. The number of nitrogens with zero attached hydrogens (tertiary/aromatic N) is 3. The van der Waals surface area contributed by atoms with E-state index in [9.17, 15) is 4.79 Å². The van der Waals surface area contributed by atoms with Crippen molar-refractivity contribution in [3.63, 3.8) is 0 Å². The van der Waals surface area contributed by atoms with Crippen molar-refractivity contribution in [2.24, 2.45) is 0 Å². The molecule has 0 radical (unpaired) electrons. The Hall–Kier alpha value is -1.69. The second-order valence-corrected chi connectivity index (χ2v) is 3.30. The van der Waals surface area contributed by atoms with Gasteiger partial charge in [-0.3, -0.25) is 0 Å². The molecule has 6 heteroatoms. The quantitative estimate of drug-likeness (QED) is 0.727. The van der Waals surface area contributed by atoms with Gasteiger partial charge in [-0.05, 0) is 26.0 Å². The number of aliphatic hydroxyl groups is 1. The van der Waals surface area contributed by atoms with E-state index in [2.05, 4.69) is 10.2 Å². The van der Waals surface area contributed by atoms with E-state index in [1.165, 1.54) is 0 Å². The van der Waals surface area contributed by atoms with Crippen LogP contribution in [0.15, 0.2) is 12.1 Å². The van der Waals surface area contributed by atoms with Crippen molar-refractivity contribution in [2.45, 2.75) is 13.8 Å². The highest BCUT2D eigenvalue weighted by molar-refractivity contribution is 5.87. The highest BCUT2D eigenvalue weighted by Crippen LogP contribution is 2.09. The van der Waals surface area contributed by atoms with Crippen molar-refractivity contribution >= 4 is 11.8 Å². The number of carbonyl (C=O) groups excluding carboxylic acids is 1.